The molecule has 1 aliphatic heterocycles. The van der Waals surface area contributed by atoms with Crippen molar-refractivity contribution >= 4 is 34.2 Å². The summed E-state index contributed by atoms with van der Waals surface area (Å²) in [5.74, 6) is -0.0620. The second-order valence-electron chi connectivity index (χ2n) is 9.86. The molecule has 0 spiro atoms. The molecule has 1 aliphatic rings. The van der Waals surface area contributed by atoms with E-state index < -0.39 is 11.6 Å². The Hall–Kier alpha value is -3.87. The molecule has 1 heterocycles. The molecule has 3 amide bonds. The van der Waals surface area contributed by atoms with Gasteiger partial charge in [-0.25, -0.2) is 0 Å². The fourth-order valence-electron chi connectivity index (χ4n) is 4.35. The van der Waals surface area contributed by atoms with Crippen LogP contribution in [0.4, 0.5) is 5.69 Å². The van der Waals surface area contributed by atoms with Gasteiger partial charge in [0.25, 0.3) is 5.91 Å². The summed E-state index contributed by atoms with van der Waals surface area (Å²) in [6.07, 6.45) is 0. The highest BCUT2D eigenvalue weighted by Crippen LogP contribution is 2.37. The van der Waals surface area contributed by atoms with Crippen molar-refractivity contribution in [2.75, 3.05) is 18.6 Å². The minimum absolute atomic E-state index is 0.157. The zero-order valence-corrected chi connectivity index (χ0v) is 20.8. The smallest absolute Gasteiger partial charge is 0.259 e. The molecule has 182 valence electrons. The van der Waals surface area contributed by atoms with Crippen molar-refractivity contribution in [3.05, 3.63) is 71.8 Å². The van der Waals surface area contributed by atoms with E-state index in [0.717, 1.165) is 16.3 Å². The molecule has 0 unspecified atom stereocenters. The monoisotopic (exact) mass is 473 g/mol. The Bertz CT molecular complexity index is 1270. The van der Waals surface area contributed by atoms with Crippen LogP contribution >= 0.6 is 0 Å². The Morgan fingerprint density at radius 2 is 1.69 bits per heavy atom. The average Bonchev–Trinajstić information content (AvgIpc) is 3.09. The fraction of sp³-hybridized carbons (Fsp3) is 0.321. The summed E-state index contributed by atoms with van der Waals surface area (Å²) in [7, 11) is 1.59. The molecule has 0 saturated carbocycles. The first-order valence-electron chi connectivity index (χ1n) is 11.7. The summed E-state index contributed by atoms with van der Waals surface area (Å²) in [6, 6.07) is 17.9. The second kappa shape index (κ2) is 9.41. The van der Waals surface area contributed by atoms with Crippen LogP contribution < -0.4 is 15.0 Å². The van der Waals surface area contributed by atoms with Crippen molar-refractivity contribution in [1.82, 2.24) is 10.2 Å². The quantitative estimate of drug-likeness (QED) is 0.559. The van der Waals surface area contributed by atoms with Crippen molar-refractivity contribution in [2.24, 2.45) is 0 Å². The molecular weight excluding hydrogens is 442 g/mol. The number of ether oxygens (including phenoxy) is 1. The summed E-state index contributed by atoms with van der Waals surface area (Å²) in [5, 5.41) is 4.77. The molecule has 35 heavy (non-hydrogen) atoms. The summed E-state index contributed by atoms with van der Waals surface area (Å²) in [5.41, 5.74) is 1.72. The van der Waals surface area contributed by atoms with E-state index in [0.29, 0.717) is 17.0 Å². The maximum Gasteiger partial charge on any atom is 0.259 e. The molecule has 0 aromatic heterocycles. The summed E-state index contributed by atoms with van der Waals surface area (Å²) in [6.45, 7) is 7.47. The minimum atomic E-state index is -0.736. The lowest BCUT2D eigenvalue weighted by atomic mass is 10.1. The van der Waals surface area contributed by atoms with Crippen molar-refractivity contribution < 1.29 is 19.1 Å². The highest BCUT2D eigenvalue weighted by atomic mass is 16.5. The third kappa shape index (κ3) is 4.99. The van der Waals surface area contributed by atoms with E-state index in [4.69, 9.17) is 4.74 Å². The molecule has 1 N–H and O–H groups in total. The van der Waals surface area contributed by atoms with Gasteiger partial charge in [-0.2, -0.15) is 0 Å². The molecule has 7 heteroatoms. The van der Waals surface area contributed by atoms with Crippen molar-refractivity contribution in [3.8, 4) is 5.75 Å². The van der Waals surface area contributed by atoms with Crippen LogP contribution in [-0.4, -0.2) is 47.9 Å². The largest absolute Gasteiger partial charge is 0.497 e. The second-order valence-corrected chi connectivity index (χ2v) is 9.86. The fourth-order valence-corrected chi connectivity index (χ4v) is 4.35. The van der Waals surface area contributed by atoms with Crippen LogP contribution in [0.2, 0.25) is 0 Å². The van der Waals surface area contributed by atoms with E-state index in [2.05, 4.69) is 5.32 Å². The molecule has 0 radical (unpaired) electrons. The van der Waals surface area contributed by atoms with Crippen LogP contribution in [0.25, 0.3) is 10.8 Å². The topological polar surface area (TPSA) is 79.0 Å². The normalized spacial score (nSPS) is 13.6. The van der Waals surface area contributed by atoms with Gasteiger partial charge < -0.3 is 15.0 Å². The van der Waals surface area contributed by atoms with Gasteiger partial charge in [0.15, 0.2) is 0 Å². The van der Waals surface area contributed by atoms with Gasteiger partial charge in [-0.3, -0.25) is 19.3 Å². The number of anilines is 1. The van der Waals surface area contributed by atoms with Crippen LogP contribution in [0.15, 0.2) is 60.7 Å². The van der Waals surface area contributed by atoms with Gasteiger partial charge >= 0.3 is 0 Å². The number of hydrogen-bond acceptors (Lipinski definition) is 4. The highest BCUT2D eigenvalue weighted by molar-refractivity contribution is 6.26. The SMILES string of the molecule is COc1ccc(CN(C(=O)CN2C(=O)c3cccc4cccc2c34)[C@@H](C)C(=O)NC(C)(C)C)cc1. The van der Waals surface area contributed by atoms with Crippen LogP contribution in [0.1, 0.15) is 43.6 Å². The van der Waals surface area contributed by atoms with Crippen LogP contribution in [0.3, 0.4) is 0 Å². The van der Waals surface area contributed by atoms with Crippen molar-refractivity contribution in [3.63, 3.8) is 0 Å². The number of carbonyl (C=O) groups excluding carboxylic acids is 3. The van der Waals surface area contributed by atoms with Gasteiger partial charge in [0.1, 0.15) is 18.3 Å². The van der Waals surface area contributed by atoms with Gasteiger partial charge in [0.2, 0.25) is 11.8 Å². The number of methoxy groups -OCH3 is 1. The number of rotatable bonds is 7. The lowest BCUT2D eigenvalue weighted by Crippen LogP contribution is -2.54. The number of amides is 3. The molecule has 1 atom stereocenters. The molecule has 3 aromatic carbocycles. The Balaban J connectivity index is 1.62. The number of benzene rings is 3. The zero-order chi connectivity index (χ0) is 25.3. The van der Waals surface area contributed by atoms with Crippen LogP contribution in [0.5, 0.6) is 5.75 Å². The Morgan fingerprint density at radius 1 is 1.03 bits per heavy atom. The summed E-state index contributed by atoms with van der Waals surface area (Å²) >= 11 is 0. The van der Waals surface area contributed by atoms with Gasteiger partial charge in [-0.15, -0.1) is 0 Å². The Kier molecular flexibility index (Phi) is 6.52. The van der Waals surface area contributed by atoms with E-state index in [1.165, 1.54) is 9.80 Å². The third-order valence-corrected chi connectivity index (χ3v) is 6.12. The van der Waals surface area contributed by atoms with Crippen LogP contribution in [0, 0.1) is 0 Å². The van der Waals surface area contributed by atoms with Gasteiger partial charge in [-0.05, 0) is 62.9 Å². The molecule has 4 rings (SSSR count). The average molecular weight is 474 g/mol. The van der Waals surface area contributed by atoms with E-state index in [9.17, 15) is 14.4 Å². The maximum atomic E-state index is 13.7. The van der Waals surface area contributed by atoms with E-state index in [-0.39, 0.29) is 30.8 Å². The highest BCUT2D eigenvalue weighted by Gasteiger charge is 2.34. The van der Waals surface area contributed by atoms with E-state index in [1.807, 2.05) is 75.4 Å². The predicted molar refractivity (Wildman–Crippen MR) is 137 cm³/mol. The molecule has 0 saturated heterocycles. The van der Waals surface area contributed by atoms with Crippen LogP contribution in [-0.2, 0) is 16.1 Å². The molecule has 3 aromatic rings. The number of nitrogens with zero attached hydrogens (tertiary/aromatic N) is 2. The van der Waals surface area contributed by atoms with Gasteiger partial charge in [0.05, 0.1) is 12.8 Å². The lowest BCUT2D eigenvalue weighted by Gasteiger charge is -2.32. The Labute approximate surface area is 205 Å². The van der Waals surface area contributed by atoms with Crippen molar-refractivity contribution in [2.45, 2.75) is 45.8 Å². The molecule has 0 aliphatic carbocycles. The molecule has 0 fully saturated rings. The van der Waals surface area contributed by atoms with E-state index in [1.54, 1.807) is 20.1 Å². The Morgan fingerprint density at radius 3 is 2.31 bits per heavy atom. The van der Waals surface area contributed by atoms with Gasteiger partial charge in [-0.1, -0.05) is 36.4 Å². The van der Waals surface area contributed by atoms with Crippen molar-refractivity contribution in [1.29, 1.82) is 0 Å². The number of carbonyl (C=O) groups is 3. The maximum absolute atomic E-state index is 13.7. The first-order chi connectivity index (χ1) is 16.6. The number of nitrogens with one attached hydrogen (secondary N) is 1. The van der Waals surface area contributed by atoms with E-state index >= 15 is 0 Å². The minimum Gasteiger partial charge on any atom is -0.497 e. The lowest BCUT2D eigenvalue weighted by molar-refractivity contribution is -0.140. The number of hydrogen-bond donors (Lipinski definition) is 1. The predicted octanol–water partition coefficient (Wildman–Crippen LogP) is 4.14. The molecule has 7 nitrogen and oxygen atoms in total. The molecule has 0 bridgehead atoms. The summed E-state index contributed by atoms with van der Waals surface area (Å²) < 4.78 is 5.23. The van der Waals surface area contributed by atoms with Gasteiger partial charge in [0, 0.05) is 23.0 Å². The summed E-state index contributed by atoms with van der Waals surface area (Å²) in [4.78, 5) is 43.0. The molecular formula is C28H31N3O4. The first-order valence-corrected chi connectivity index (χ1v) is 11.7. The zero-order valence-electron chi connectivity index (χ0n) is 20.8. The third-order valence-electron chi connectivity index (χ3n) is 6.12. The standard InChI is InChI=1S/C28H31N3O4/c1-18(26(33)29-28(2,3)4)30(16-19-12-14-21(35-5)15-13-19)24(32)17-31-23-11-7-9-20-8-6-10-22(25(20)23)27(31)34/h6-15,18H,16-17H2,1-5H3,(H,29,33)/t18-/m0/s1. The first kappa shape index (κ1) is 24.3.